The van der Waals surface area contributed by atoms with E-state index in [1.165, 1.54) is 15.9 Å². The van der Waals surface area contributed by atoms with Gasteiger partial charge in [0.1, 0.15) is 17.0 Å². The van der Waals surface area contributed by atoms with Crippen LogP contribution >= 0.6 is 11.3 Å². The second-order valence-corrected chi connectivity index (χ2v) is 5.55. The maximum atomic E-state index is 12.1. The number of aryl methyl sites for hydroxylation is 1. The molecule has 3 aromatic rings. The molecule has 1 N–H and O–H groups in total. The van der Waals surface area contributed by atoms with Gasteiger partial charge in [0.05, 0.1) is 4.88 Å². The largest absolute Gasteiger partial charge is 0.477 e. The molecule has 0 spiro atoms. The molecule has 7 heteroatoms. The van der Waals surface area contributed by atoms with Crippen LogP contribution in [0.1, 0.15) is 23.8 Å². The second-order valence-electron chi connectivity index (χ2n) is 4.60. The number of rotatable bonds is 4. The topological polar surface area (TPSA) is 76.6 Å². The van der Waals surface area contributed by atoms with E-state index < -0.39 is 11.5 Å². The molecule has 0 aliphatic rings. The van der Waals surface area contributed by atoms with Crippen LogP contribution in [0.4, 0.5) is 0 Å². The molecule has 0 radical (unpaired) electrons. The van der Waals surface area contributed by atoms with Crippen molar-refractivity contribution >= 4 is 23.0 Å². The van der Waals surface area contributed by atoms with Crippen LogP contribution in [0.3, 0.4) is 0 Å². The van der Waals surface area contributed by atoms with Gasteiger partial charge in [0.2, 0.25) is 0 Å². The van der Waals surface area contributed by atoms with E-state index in [-0.39, 0.29) is 5.69 Å². The zero-order chi connectivity index (χ0) is 15.0. The molecule has 0 aromatic carbocycles. The minimum absolute atomic E-state index is 0.00743. The van der Waals surface area contributed by atoms with E-state index in [1.807, 2.05) is 24.4 Å². The molecule has 0 bridgehead atoms. The summed E-state index contributed by atoms with van der Waals surface area (Å²) < 4.78 is 2.88. The summed E-state index contributed by atoms with van der Waals surface area (Å²) in [7, 11) is 0. The lowest BCUT2D eigenvalue weighted by molar-refractivity contribution is 0.0684. The molecule has 0 aliphatic heterocycles. The number of fused-ring (bicyclic) bond motifs is 1. The Morgan fingerprint density at radius 2 is 2.24 bits per heavy atom. The summed E-state index contributed by atoms with van der Waals surface area (Å²) in [6.07, 6.45) is 0.762. The first-order chi connectivity index (χ1) is 10.1. The molecule has 0 atom stereocenters. The van der Waals surface area contributed by atoms with Crippen molar-refractivity contribution in [3.8, 4) is 10.6 Å². The lowest BCUT2D eigenvalue weighted by atomic mass is 10.3. The highest BCUT2D eigenvalue weighted by Gasteiger charge is 2.17. The summed E-state index contributed by atoms with van der Waals surface area (Å²) in [6, 6.07) is 6.70. The fraction of sp³-hybridized carbons (Fsp3) is 0.214. The third-order valence-corrected chi connectivity index (χ3v) is 4.06. The Kier molecular flexibility index (Phi) is 3.34. The molecule has 108 valence electrons. The Balaban J connectivity index is 2.32. The molecule has 0 amide bonds. The molecule has 0 fully saturated rings. The number of hydrogen-bond donors (Lipinski definition) is 1. The first-order valence-electron chi connectivity index (χ1n) is 6.52. The predicted octanol–water partition coefficient (Wildman–Crippen LogP) is 2.33. The van der Waals surface area contributed by atoms with Gasteiger partial charge in [0, 0.05) is 18.7 Å². The number of hydrogen-bond acceptors (Lipinski definition) is 4. The van der Waals surface area contributed by atoms with E-state index in [9.17, 15) is 14.7 Å². The number of aromatic carboxylic acids is 1. The fourth-order valence-electron chi connectivity index (χ4n) is 2.29. The van der Waals surface area contributed by atoms with Crippen molar-refractivity contribution in [2.24, 2.45) is 0 Å². The molecule has 6 nitrogen and oxygen atoms in total. The van der Waals surface area contributed by atoms with Crippen molar-refractivity contribution in [2.45, 2.75) is 19.9 Å². The normalized spacial score (nSPS) is 11.1. The third kappa shape index (κ3) is 2.25. The number of nitrogens with zero attached hydrogens (tertiary/aromatic N) is 3. The SMILES string of the molecule is CCCn1c(C(=O)O)cc(=O)n2nc(-c3cccs3)cc12. The van der Waals surface area contributed by atoms with Gasteiger partial charge in [0.25, 0.3) is 5.56 Å². The quantitative estimate of drug-likeness (QED) is 0.802. The van der Waals surface area contributed by atoms with Gasteiger partial charge in [-0.15, -0.1) is 11.3 Å². The van der Waals surface area contributed by atoms with E-state index in [0.29, 0.717) is 17.9 Å². The zero-order valence-electron chi connectivity index (χ0n) is 11.3. The van der Waals surface area contributed by atoms with Gasteiger partial charge in [-0.3, -0.25) is 4.79 Å². The molecule has 3 aromatic heterocycles. The average Bonchev–Trinajstić information content (AvgIpc) is 3.09. The minimum atomic E-state index is -1.11. The summed E-state index contributed by atoms with van der Waals surface area (Å²) >= 11 is 1.52. The molecule has 3 heterocycles. The Morgan fingerprint density at radius 3 is 2.86 bits per heavy atom. The third-order valence-electron chi connectivity index (χ3n) is 3.17. The highest BCUT2D eigenvalue weighted by molar-refractivity contribution is 7.13. The Labute approximate surface area is 123 Å². The lowest BCUT2D eigenvalue weighted by Crippen LogP contribution is -2.23. The lowest BCUT2D eigenvalue weighted by Gasteiger charge is -2.10. The average molecular weight is 303 g/mol. The summed E-state index contributed by atoms with van der Waals surface area (Å²) in [5.74, 6) is -1.11. The minimum Gasteiger partial charge on any atom is -0.477 e. The van der Waals surface area contributed by atoms with Crippen molar-refractivity contribution in [1.29, 1.82) is 0 Å². The van der Waals surface area contributed by atoms with Crippen LogP contribution in [0.25, 0.3) is 16.2 Å². The molecule has 0 saturated heterocycles. The van der Waals surface area contributed by atoms with Crippen LogP contribution < -0.4 is 5.56 Å². The summed E-state index contributed by atoms with van der Waals surface area (Å²) in [4.78, 5) is 24.4. The molecule has 0 aliphatic carbocycles. The molecular weight excluding hydrogens is 290 g/mol. The number of carbonyl (C=O) groups is 1. The van der Waals surface area contributed by atoms with Gasteiger partial charge in [0.15, 0.2) is 0 Å². The molecule has 0 saturated carbocycles. The van der Waals surface area contributed by atoms with Gasteiger partial charge >= 0.3 is 5.97 Å². The van der Waals surface area contributed by atoms with Gasteiger partial charge in [-0.25, -0.2) is 4.79 Å². The van der Waals surface area contributed by atoms with E-state index in [0.717, 1.165) is 17.4 Å². The van der Waals surface area contributed by atoms with Crippen LogP contribution in [0.5, 0.6) is 0 Å². The standard InChI is InChI=1S/C14H13N3O3S/c1-2-5-16-10(14(19)20)8-13(18)17-12(16)7-9(15-17)11-4-3-6-21-11/h3-4,6-8H,2,5H2,1H3,(H,19,20). The molecule has 21 heavy (non-hydrogen) atoms. The highest BCUT2D eigenvalue weighted by atomic mass is 32.1. The number of carboxylic acids is 1. The molecule has 3 rings (SSSR count). The van der Waals surface area contributed by atoms with Crippen molar-refractivity contribution in [1.82, 2.24) is 14.2 Å². The maximum absolute atomic E-state index is 12.1. The van der Waals surface area contributed by atoms with E-state index >= 15 is 0 Å². The maximum Gasteiger partial charge on any atom is 0.352 e. The van der Waals surface area contributed by atoms with Gasteiger partial charge in [-0.2, -0.15) is 9.61 Å². The number of carboxylic acid groups (broad SMARTS) is 1. The predicted molar refractivity (Wildman–Crippen MR) is 80.0 cm³/mol. The van der Waals surface area contributed by atoms with Crippen molar-refractivity contribution < 1.29 is 9.90 Å². The Hall–Kier alpha value is -2.41. The smallest absolute Gasteiger partial charge is 0.352 e. The van der Waals surface area contributed by atoms with Crippen molar-refractivity contribution in [2.75, 3.05) is 0 Å². The first kappa shape index (κ1) is 13.6. The number of aromatic nitrogens is 3. The first-order valence-corrected chi connectivity index (χ1v) is 7.40. The van der Waals surface area contributed by atoms with E-state index in [4.69, 9.17) is 0 Å². The highest BCUT2D eigenvalue weighted by Crippen LogP contribution is 2.24. The zero-order valence-corrected chi connectivity index (χ0v) is 12.1. The molecule has 0 unspecified atom stereocenters. The summed E-state index contributed by atoms with van der Waals surface area (Å²) in [6.45, 7) is 2.47. The summed E-state index contributed by atoms with van der Waals surface area (Å²) in [5, 5.41) is 15.5. The Morgan fingerprint density at radius 1 is 1.43 bits per heavy atom. The second kappa shape index (κ2) is 5.17. The van der Waals surface area contributed by atoms with Crippen LogP contribution in [-0.4, -0.2) is 25.3 Å². The van der Waals surface area contributed by atoms with Crippen LogP contribution in [0.2, 0.25) is 0 Å². The number of thiophene rings is 1. The van der Waals surface area contributed by atoms with Gasteiger partial charge < -0.3 is 9.67 Å². The van der Waals surface area contributed by atoms with Crippen molar-refractivity contribution in [3.05, 3.63) is 45.7 Å². The van der Waals surface area contributed by atoms with Crippen molar-refractivity contribution in [3.63, 3.8) is 0 Å². The fourth-order valence-corrected chi connectivity index (χ4v) is 2.97. The van der Waals surface area contributed by atoms with Gasteiger partial charge in [-0.1, -0.05) is 13.0 Å². The van der Waals surface area contributed by atoms with Crippen LogP contribution in [-0.2, 0) is 6.54 Å². The van der Waals surface area contributed by atoms with E-state index in [1.54, 1.807) is 10.6 Å². The molecular formula is C14H13N3O3S. The summed E-state index contributed by atoms with van der Waals surface area (Å²) in [5.41, 5.74) is 0.740. The van der Waals surface area contributed by atoms with Gasteiger partial charge in [-0.05, 0) is 17.9 Å². The van der Waals surface area contributed by atoms with Crippen LogP contribution in [0.15, 0.2) is 34.4 Å². The Bertz CT molecular complexity index is 862. The van der Waals surface area contributed by atoms with Crippen LogP contribution in [0, 0.1) is 0 Å². The monoisotopic (exact) mass is 303 g/mol. The van der Waals surface area contributed by atoms with E-state index in [2.05, 4.69) is 5.10 Å².